The van der Waals surface area contributed by atoms with E-state index in [-0.39, 0.29) is 6.61 Å². The minimum Gasteiger partial charge on any atom is -0.399 e. The zero-order valence-electron chi connectivity index (χ0n) is 7.78. The largest absolute Gasteiger partial charge is 0.399 e. The molecular formula is C10H11NOS2. The summed E-state index contributed by atoms with van der Waals surface area (Å²) in [6.45, 7) is 0.0515. The first kappa shape index (κ1) is 9.83. The summed E-state index contributed by atoms with van der Waals surface area (Å²) >= 11 is 3.37. The molecule has 0 aliphatic carbocycles. The number of thiophene rings is 1. The summed E-state index contributed by atoms with van der Waals surface area (Å²) in [5.41, 5.74) is 7.41. The van der Waals surface area contributed by atoms with Crippen molar-refractivity contribution < 1.29 is 5.11 Å². The fraction of sp³-hybridized carbons (Fsp3) is 0.200. The standard InChI is InChI=1S/C10H11NOS2/c1-13-9-5-14-10-6(4-12)2-7(11)3-8(9)10/h2-3,5,12H,4,11H2,1H3. The average molecular weight is 225 g/mol. The van der Waals surface area contributed by atoms with E-state index in [1.165, 1.54) is 4.90 Å². The number of aliphatic hydroxyl groups excluding tert-OH is 1. The van der Waals surface area contributed by atoms with Crippen LogP contribution in [0.15, 0.2) is 22.4 Å². The van der Waals surface area contributed by atoms with E-state index in [4.69, 9.17) is 5.73 Å². The number of rotatable bonds is 2. The second-order valence-electron chi connectivity index (χ2n) is 3.02. The Balaban J connectivity index is 2.76. The molecule has 2 aromatic rings. The Kier molecular flexibility index (Phi) is 2.67. The van der Waals surface area contributed by atoms with Gasteiger partial charge >= 0.3 is 0 Å². The van der Waals surface area contributed by atoms with Crippen LogP contribution in [0.25, 0.3) is 10.1 Å². The Bertz CT molecular complexity index is 464. The van der Waals surface area contributed by atoms with Gasteiger partial charge in [0.2, 0.25) is 0 Å². The number of fused-ring (bicyclic) bond motifs is 1. The van der Waals surface area contributed by atoms with E-state index in [1.807, 2.05) is 18.4 Å². The maximum Gasteiger partial charge on any atom is 0.0696 e. The Labute approximate surface area is 90.7 Å². The summed E-state index contributed by atoms with van der Waals surface area (Å²) in [6.07, 6.45) is 2.04. The van der Waals surface area contributed by atoms with E-state index in [1.54, 1.807) is 23.1 Å². The van der Waals surface area contributed by atoms with Crippen LogP contribution in [0.2, 0.25) is 0 Å². The molecule has 14 heavy (non-hydrogen) atoms. The molecule has 1 aromatic heterocycles. The van der Waals surface area contributed by atoms with Crippen LogP contribution in [0.3, 0.4) is 0 Å². The summed E-state index contributed by atoms with van der Waals surface area (Å²) in [6, 6.07) is 3.81. The van der Waals surface area contributed by atoms with Crippen molar-refractivity contribution in [2.45, 2.75) is 11.5 Å². The minimum atomic E-state index is 0.0515. The van der Waals surface area contributed by atoms with Crippen molar-refractivity contribution in [2.24, 2.45) is 0 Å². The van der Waals surface area contributed by atoms with E-state index in [0.717, 1.165) is 21.3 Å². The molecular weight excluding hydrogens is 214 g/mol. The molecule has 0 aliphatic heterocycles. The van der Waals surface area contributed by atoms with Crippen LogP contribution >= 0.6 is 23.1 Å². The van der Waals surface area contributed by atoms with Gasteiger partial charge in [-0.1, -0.05) is 0 Å². The van der Waals surface area contributed by atoms with Crippen LogP contribution in [-0.4, -0.2) is 11.4 Å². The molecule has 0 spiro atoms. The highest BCUT2D eigenvalue weighted by atomic mass is 32.2. The van der Waals surface area contributed by atoms with Crippen LogP contribution in [-0.2, 0) is 6.61 Å². The molecule has 0 radical (unpaired) electrons. The van der Waals surface area contributed by atoms with Gasteiger partial charge in [0.1, 0.15) is 0 Å². The molecule has 2 nitrogen and oxygen atoms in total. The summed E-state index contributed by atoms with van der Waals surface area (Å²) in [7, 11) is 0. The number of hydrogen-bond donors (Lipinski definition) is 2. The van der Waals surface area contributed by atoms with Gasteiger partial charge in [0.05, 0.1) is 6.61 Å². The van der Waals surface area contributed by atoms with Gasteiger partial charge in [0, 0.05) is 26.0 Å². The predicted molar refractivity (Wildman–Crippen MR) is 63.9 cm³/mol. The number of anilines is 1. The summed E-state index contributed by atoms with van der Waals surface area (Å²) in [5.74, 6) is 0. The van der Waals surface area contributed by atoms with Crippen molar-refractivity contribution >= 4 is 38.9 Å². The van der Waals surface area contributed by atoms with Crippen molar-refractivity contribution in [3.05, 3.63) is 23.1 Å². The van der Waals surface area contributed by atoms with E-state index < -0.39 is 0 Å². The van der Waals surface area contributed by atoms with E-state index in [2.05, 4.69) is 5.38 Å². The van der Waals surface area contributed by atoms with Crippen molar-refractivity contribution in [3.8, 4) is 0 Å². The van der Waals surface area contributed by atoms with Crippen molar-refractivity contribution in [3.63, 3.8) is 0 Å². The third-order valence-electron chi connectivity index (χ3n) is 2.13. The number of nitrogen functional groups attached to an aromatic ring is 1. The molecule has 0 saturated heterocycles. The quantitative estimate of drug-likeness (QED) is 0.610. The van der Waals surface area contributed by atoms with E-state index in [0.29, 0.717) is 0 Å². The van der Waals surface area contributed by atoms with Gasteiger partial charge in [-0.15, -0.1) is 23.1 Å². The molecule has 4 heteroatoms. The van der Waals surface area contributed by atoms with Crippen LogP contribution in [0, 0.1) is 0 Å². The van der Waals surface area contributed by atoms with Crippen LogP contribution in [0.1, 0.15) is 5.56 Å². The highest BCUT2D eigenvalue weighted by Crippen LogP contribution is 2.35. The lowest BCUT2D eigenvalue weighted by molar-refractivity contribution is 0.283. The summed E-state index contributed by atoms with van der Waals surface area (Å²) in [5, 5.41) is 12.5. The first-order chi connectivity index (χ1) is 6.76. The molecule has 2 rings (SSSR count). The van der Waals surface area contributed by atoms with Crippen LogP contribution < -0.4 is 5.73 Å². The zero-order chi connectivity index (χ0) is 10.1. The van der Waals surface area contributed by atoms with Crippen LogP contribution in [0.5, 0.6) is 0 Å². The minimum absolute atomic E-state index is 0.0515. The number of aliphatic hydroxyl groups is 1. The average Bonchev–Trinajstić information content (AvgIpc) is 2.59. The van der Waals surface area contributed by atoms with Gasteiger partial charge in [-0.05, 0) is 24.0 Å². The smallest absolute Gasteiger partial charge is 0.0696 e. The Hall–Kier alpha value is -0.710. The maximum atomic E-state index is 9.19. The normalized spacial score (nSPS) is 11.0. The Morgan fingerprint density at radius 3 is 2.93 bits per heavy atom. The van der Waals surface area contributed by atoms with Gasteiger partial charge < -0.3 is 10.8 Å². The first-order valence-corrected chi connectivity index (χ1v) is 6.31. The summed E-state index contributed by atoms with van der Waals surface area (Å²) < 4.78 is 1.14. The van der Waals surface area contributed by atoms with Crippen molar-refractivity contribution in [1.29, 1.82) is 0 Å². The number of hydrogen-bond acceptors (Lipinski definition) is 4. The predicted octanol–water partition coefficient (Wildman–Crippen LogP) is 2.70. The maximum absolute atomic E-state index is 9.19. The molecule has 0 saturated carbocycles. The molecule has 74 valence electrons. The molecule has 3 N–H and O–H groups in total. The van der Waals surface area contributed by atoms with Crippen molar-refractivity contribution in [1.82, 2.24) is 0 Å². The van der Waals surface area contributed by atoms with Gasteiger partial charge in [0.15, 0.2) is 0 Å². The summed E-state index contributed by atoms with van der Waals surface area (Å²) in [4.78, 5) is 1.23. The second kappa shape index (κ2) is 3.81. The SMILES string of the molecule is CSc1csc2c(CO)cc(N)cc12. The second-order valence-corrected chi connectivity index (χ2v) is 4.75. The number of nitrogens with two attached hydrogens (primary N) is 1. The van der Waals surface area contributed by atoms with Gasteiger partial charge in [-0.3, -0.25) is 0 Å². The van der Waals surface area contributed by atoms with Crippen LogP contribution in [0.4, 0.5) is 5.69 Å². The highest BCUT2D eigenvalue weighted by molar-refractivity contribution is 7.99. The molecule has 0 atom stereocenters. The topological polar surface area (TPSA) is 46.2 Å². The Morgan fingerprint density at radius 1 is 1.50 bits per heavy atom. The fourth-order valence-electron chi connectivity index (χ4n) is 1.49. The lowest BCUT2D eigenvalue weighted by atomic mass is 10.1. The van der Waals surface area contributed by atoms with Gasteiger partial charge in [-0.2, -0.15) is 0 Å². The third kappa shape index (κ3) is 1.49. The molecule has 1 aromatic carbocycles. The monoisotopic (exact) mass is 225 g/mol. The fourth-order valence-corrected chi connectivity index (χ4v) is 3.38. The first-order valence-electron chi connectivity index (χ1n) is 4.20. The zero-order valence-corrected chi connectivity index (χ0v) is 9.41. The van der Waals surface area contributed by atoms with Crippen molar-refractivity contribution in [2.75, 3.05) is 12.0 Å². The lowest BCUT2D eigenvalue weighted by Gasteiger charge is -2.02. The molecule has 1 heterocycles. The molecule has 0 fully saturated rings. The van der Waals surface area contributed by atoms with E-state index >= 15 is 0 Å². The molecule has 0 aliphatic rings. The molecule has 0 amide bonds. The molecule has 0 bridgehead atoms. The lowest BCUT2D eigenvalue weighted by Crippen LogP contribution is -1.89. The number of thioether (sulfide) groups is 1. The van der Waals surface area contributed by atoms with Gasteiger partial charge in [0.25, 0.3) is 0 Å². The van der Waals surface area contributed by atoms with E-state index in [9.17, 15) is 5.11 Å². The highest BCUT2D eigenvalue weighted by Gasteiger charge is 2.07. The number of benzene rings is 1. The third-order valence-corrected chi connectivity index (χ3v) is 4.13. The van der Waals surface area contributed by atoms with Gasteiger partial charge in [-0.25, -0.2) is 0 Å². The Morgan fingerprint density at radius 2 is 2.29 bits per heavy atom. The molecule has 0 unspecified atom stereocenters.